The van der Waals surface area contributed by atoms with Crippen LogP contribution >= 0.6 is 0 Å². The third-order valence-corrected chi connectivity index (χ3v) is 1.13. The van der Waals surface area contributed by atoms with Crippen molar-refractivity contribution < 1.29 is 0 Å². The van der Waals surface area contributed by atoms with Crippen LogP contribution in [0.3, 0.4) is 0 Å². The molecule has 0 atom stereocenters. The molecule has 1 rings (SSSR count). The van der Waals surface area contributed by atoms with Gasteiger partial charge in [0.05, 0.1) is 0 Å². The Morgan fingerprint density at radius 2 is 1.90 bits per heavy atom. The number of nitrogens with zero attached hydrogens (tertiary/aromatic N) is 1. The number of rotatable bonds is 0. The highest BCUT2D eigenvalue weighted by Gasteiger charge is 2.08. The maximum atomic E-state index is 3.13. The van der Waals surface area contributed by atoms with Crippen molar-refractivity contribution in [3.05, 3.63) is 0 Å². The van der Waals surface area contributed by atoms with E-state index in [-0.39, 0.29) is 11.0 Å². The summed E-state index contributed by atoms with van der Waals surface area (Å²) in [6, 6.07) is 2.94. The monoisotopic (exact) mass is 147 g/mol. The van der Waals surface area contributed by atoms with Crippen LogP contribution in [-0.2, 0) is 0 Å². The molecule has 0 aromatic carbocycles. The Balaban J connectivity index is 0.000000810. The molecule has 1 aliphatic rings. The second-order valence-corrected chi connectivity index (χ2v) is 1.89. The van der Waals surface area contributed by atoms with E-state index in [1.54, 1.807) is 0 Å². The summed E-state index contributed by atoms with van der Waals surface area (Å²) in [5.41, 5.74) is 0. The van der Waals surface area contributed by atoms with E-state index in [0.717, 1.165) is 22.6 Å². The summed E-state index contributed by atoms with van der Waals surface area (Å²) < 4.78 is 1.99. The van der Waals surface area contributed by atoms with E-state index < -0.39 is 0 Å². The van der Waals surface area contributed by atoms with Gasteiger partial charge in [0.15, 0.2) is 0 Å². The summed E-state index contributed by atoms with van der Waals surface area (Å²) in [5, 5.41) is 6.26. The van der Waals surface area contributed by atoms with Crippen molar-refractivity contribution in [1.82, 2.24) is 15.0 Å². The summed E-state index contributed by atoms with van der Waals surface area (Å²) in [4.78, 5) is 0. The lowest BCUT2D eigenvalue weighted by molar-refractivity contribution is 0.931. The lowest BCUT2D eigenvalue weighted by Crippen LogP contribution is -2.56. The van der Waals surface area contributed by atoms with Gasteiger partial charge in [-0.1, -0.05) is 5.92 Å². The van der Waals surface area contributed by atoms with Gasteiger partial charge in [-0.2, -0.15) is 0 Å². The van der Waals surface area contributed by atoms with Crippen LogP contribution in [0.15, 0.2) is 0 Å². The molecule has 0 bridgehead atoms. The molecule has 10 heavy (non-hydrogen) atoms. The lowest BCUT2D eigenvalue weighted by Gasteiger charge is -2.20. The van der Waals surface area contributed by atoms with Crippen LogP contribution in [0.4, 0.5) is 0 Å². The quantitative estimate of drug-likeness (QED) is 0.280. The maximum Gasteiger partial charge on any atom is 0.306 e. The third-order valence-electron chi connectivity index (χ3n) is 1.13. The summed E-state index contributed by atoms with van der Waals surface area (Å²) in [5.74, 6) is 2.83. The van der Waals surface area contributed by atoms with Crippen molar-refractivity contribution in [2.45, 2.75) is 6.92 Å². The SMILES string of the molecule is CC#CN1BNBNB1.[Si]. The van der Waals surface area contributed by atoms with E-state index in [1.165, 1.54) is 0 Å². The van der Waals surface area contributed by atoms with Crippen molar-refractivity contribution in [3.63, 3.8) is 0 Å². The molecule has 1 fully saturated rings. The van der Waals surface area contributed by atoms with Crippen LogP contribution in [-0.4, -0.2) is 38.3 Å². The molecule has 0 aromatic heterocycles. The van der Waals surface area contributed by atoms with Gasteiger partial charge in [0, 0.05) is 11.0 Å². The fourth-order valence-corrected chi connectivity index (χ4v) is 0.763. The second-order valence-electron chi connectivity index (χ2n) is 1.89. The Hall–Kier alpha value is -0.308. The van der Waals surface area contributed by atoms with E-state index in [9.17, 15) is 0 Å². The Labute approximate surface area is 68.2 Å². The molecule has 0 amide bonds. The Bertz CT molecular complexity index is 138. The normalized spacial score (nSPS) is 14.3. The molecule has 7 heteroatoms. The molecular weight excluding hydrogens is 139 g/mol. The molecule has 48 valence electrons. The first-order valence-corrected chi connectivity index (χ1v) is 3.02. The fourth-order valence-electron chi connectivity index (χ4n) is 0.763. The Morgan fingerprint density at radius 1 is 1.30 bits per heavy atom. The molecule has 3 nitrogen and oxygen atoms in total. The largest absolute Gasteiger partial charge is 0.398 e. The van der Waals surface area contributed by atoms with Crippen molar-refractivity contribution in [2.75, 3.05) is 0 Å². The van der Waals surface area contributed by atoms with Gasteiger partial charge >= 0.3 is 15.1 Å². The van der Waals surface area contributed by atoms with Crippen LogP contribution in [0.1, 0.15) is 6.92 Å². The van der Waals surface area contributed by atoms with Crippen LogP contribution in [0.2, 0.25) is 0 Å². The van der Waals surface area contributed by atoms with Gasteiger partial charge in [0.25, 0.3) is 7.55 Å². The predicted molar refractivity (Wildman–Crippen MR) is 48.8 cm³/mol. The number of hydrogen-bond acceptors (Lipinski definition) is 3. The molecule has 1 saturated heterocycles. The van der Waals surface area contributed by atoms with Gasteiger partial charge in [-0.05, 0) is 13.0 Å². The summed E-state index contributed by atoms with van der Waals surface area (Å²) in [6.07, 6.45) is 0. The van der Waals surface area contributed by atoms with Gasteiger partial charge in [0.1, 0.15) is 0 Å². The smallest absolute Gasteiger partial charge is 0.306 e. The van der Waals surface area contributed by atoms with Crippen molar-refractivity contribution in [1.29, 1.82) is 0 Å². The predicted octanol–water partition coefficient (Wildman–Crippen LogP) is -3.12. The van der Waals surface area contributed by atoms with Crippen LogP contribution < -0.4 is 10.3 Å². The van der Waals surface area contributed by atoms with Gasteiger partial charge < -0.3 is 15.0 Å². The first kappa shape index (κ1) is 9.69. The zero-order valence-electron chi connectivity index (χ0n) is 6.07. The van der Waals surface area contributed by atoms with Crippen LogP contribution in [0.5, 0.6) is 0 Å². The first-order chi connectivity index (χ1) is 4.43. The zero-order valence-corrected chi connectivity index (χ0v) is 7.07. The van der Waals surface area contributed by atoms with E-state index >= 15 is 0 Å². The molecule has 4 radical (unpaired) electrons. The van der Waals surface area contributed by atoms with Gasteiger partial charge in [-0.3, -0.25) is 0 Å². The number of nitrogens with one attached hydrogen (secondary N) is 2. The lowest BCUT2D eigenvalue weighted by atomic mass is 9.82. The van der Waals surface area contributed by atoms with Crippen LogP contribution in [0, 0.1) is 12.0 Å². The molecule has 0 aliphatic carbocycles. The van der Waals surface area contributed by atoms with Gasteiger partial charge in [-0.25, -0.2) is 0 Å². The second kappa shape index (κ2) is 5.47. The molecule has 0 saturated carbocycles. The number of hydrogen-bond donors (Lipinski definition) is 2. The minimum absolute atomic E-state index is 0. The molecule has 0 unspecified atom stereocenters. The maximum absolute atomic E-state index is 3.13. The van der Waals surface area contributed by atoms with E-state index in [0.29, 0.717) is 0 Å². The van der Waals surface area contributed by atoms with Crippen molar-refractivity contribution in [2.24, 2.45) is 0 Å². The average molecular weight is 147 g/mol. The highest BCUT2D eigenvalue weighted by atomic mass is 28.1. The summed E-state index contributed by atoms with van der Waals surface area (Å²) >= 11 is 0. The molecule has 0 spiro atoms. The summed E-state index contributed by atoms with van der Waals surface area (Å²) in [6.45, 7) is 1.84. The highest BCUT2D eigenvalue weighted by molar-refractivity contribution is 6.65. The third kappa shape index (κ3) is 3.01. The minimum Gasteiger partial charge on any atom is -0.398 e. The molecule has 2 N–H and O–H groups in total. The van der Waals surface area contributed by atoms with E-state index in [4.69, 9.17) is 0 Å². The van der Waals surface area contributed by atoms with Crippen LogP contribution in [0.25, 0.3) is 0 Å². The Morgan fingerprint density at radius 3 is 2.40 bits per heavy atom. The molecule has 1 heterocycles. The molecule has 1 aliphatic heterocycles. The molecular formula is C3H8B3N3Si. The standard InChI is InChI=1S/C3H8B3N3.Si/c1-2-3-9-5-7-4-8-6-9;/h4-8H,1H3;. The van der Waals surface area contributed by atoms with Crippen molar-refractivity contribution in [3.8, 4) is 12.0 Å². The van der Waals surface area contributed by atoms with E-state index in [2.05, 4.69) is 22.2 Å². The fraction of sp³-hybridized carbons (Fsp3) is 0.333. The zero-order chi connectivity index (χ0) is 6.53. The van der Waals surface area contributed by atoms with E-state index in [1.807, 2.05) is 11.6 Å². The highest BCUT2D eigenvalue weighted by Crippen LogP contribution is 1.75. The van der Waals surface area contributed by atoms with Gasteiger partial charge in [0.2, 0.25) is 0 Å². The summed E-state index contributed by atoms with van der Waals surface area (Å²) in [7, 11) is 2.63. The average Bonchev–Trinajstić information content (AvgIpc) is 1.91. The van der Waals surface area contributed by atoms with Gasteiger partial charge in [-0.15, -0.1) is 0 Å². The Kier molecular flexibility index (Phi) is 5.31. The molecule has 0 aromatic rings. The van der Waals surface area contributed by atoms with Crippen molar-refractivity contribution >= 4 is 33.6 Å². The first-order valence-electron chi connectivity index (χ1n) is 3.02. The minimum atomic E-state index is 0. The topological polar surface area (TPSA) is 27.3 Å².